The highest BCUT2D eigenvalue weighted by Crippen LogP contribution is 2.30. The SMILES string of the molecule is CCc1ccc(C(C#N)NC(=O)c2nc(CCNC(=O)c3ccc(C(F)(F)F)cc3F)n[nH]2)cc1. The highest BCUT2D eigenvalue weighted by Gasteiger charge is 2.31. The maximum atomic E-state index is 13.9. The molecular weight excluding hydrogens is 468 g/mol. The van der Waals surface area contributed by atoms with E-state index in [0.717, 1.165) is 18.1 Å². The van der Waals surface area contributed by atoms with Crippen LogP contribution < -0.4 is 10.6 Å². The van der Waals surface area contributed by atoms with Crippen molar-refractivity contribution in [3.63, 3.8) is 0 Å². The molecule has 0 saturated heterocycles. The Morgan fingerprint density at radius 1 is 1.14 bits per heavy atom. The number of amides is 2. The lowest BCUT2D eigenvalue weighted by Crippen LogP contribution is -2.28. The van der Waals surface area contributed by atoms with Crippen molar-refractivity contribution < 1.29 is 27.2 Å². The minimum atomic E-state index is -4.72. The smallest absolute Gasteiger partial charge is 0.351 e. The van der Waals surface area contributed by atoms with E-state index in [1.54, 1.807) is 12.1 Å². The third kappa shape index (κ3) is 6.41. The van der Waals surface area contributed by atoms with Crippen LogP contribution in [0, 0.1) is 17.1 Å². The fourth-order valence-electron chi connectivity index (χ4n) is 3.10. The molecule has 0 aliphatic carbocycles. The Hall–Kier alpha value is -4.27. The van der Waals surface area contributed by atoms with E-state index in [1.807, 2.05) is 25.1 Å². The van der Waals surface area contributed by atoms with Gasteiger partial charge in [0.1, 0.15) is 11.9 Å². The molecule has 0 radical (unpaired) electrons. The van der Waals surface area contributed by atoms with Crippen LogP contribution in [-0.4, -0.2) is 33.5 Å². The Kier molecular flexibility index (Phi) is 7.80. The maximum absolute atomic E-state index is 13.9. The van der Waals surface area contributed by atoms with Crippen LogP contribution in [-0.2, 0) is 19.0 Å². The first kappa shape index (κ1) is 25.4. The summed E-state index contributed by atoms with van der Waals surface area (Å²) in [6, 6.07) is 9.96. The van der Waals surface area contributed by atoms with Gasteiger partial charge in [-0.05, 0) is 35.7 Å². The fourth-order valence-corrected chi connectivity index (χ4v) is 3.10. The number of hydrogen-bond donors (Lipinski definition) is 3. The van der Waals surface area contributed by atoms with Crippen LogP contribution in [0.5, 0.6) is 0 Å². The zero-order chi connectivity index (χ0) is 25.6. The predicted molar refractivity (Wildman–Crippen MR) is 115 cm³/mol. The summed E-state index contributed by atoms with van der Waals surface area (Å²) in [5, 5.41) is 20.6. The zero-order valence-corrected chi connectivity index (χ0v) is 18.4. The van der Waals surface area contributed by atoms with Crippen molar-refractivity contribution in [2.24, 2.45) is 0 Å². The number of benzene rings is 2. The molecule has 12 heteroatoms. The highest BCUT2D eigenvalue weighted by atomic mass is 19.4. The lowest BCUT2D eigenvalue weighted by atomic mass is 10.0. The average Bonchev–Trinajstić information content (AvgIpc) is 3.31. The molecule has 8 nitrogen and oxygen atoms in total. The first-order chi connectivity index (χ1) is 16.6. The van der Waals surface area contributed by atoms with Crippen molar-refractivity contribution in [1.82, 2.24) is 25.8 Å². The van der Waals surface area contributed by atoms with Crippen LogP contribution in [0.2, 0.25) is 0 Å². The molecule has 0 aliphatic heterocycles. The van der Waals surface area contributed by atoms with E-state index >= 15 is 0 Å². The van der Waals surface area contributed by atoms with Crippen molar-refractivity contribution in [1.29, 1.82) is 5.26 Å². The van der Waals surface area contributed by atoms with Gasteiger partial charge in [-0.15, -0.1) is 0 Å². The number of nitriles is 1. The van der Waals surface area contributed by atoms with Crippen LogP contribution in [0.3, 0.4) is 0 Å². The molecule has 0 fully saturated rings. The number of H-pyrrole nitrogens is 1. The molecule has 35 heavy (non-hydrogen) atoms. The summed E-state index contributed by atoms with van der Waals surface area (Å²) >= 11 is 0. The summed E-state index contributed by atoms with van der Waals surface area (Å²) < 4.78 is 51.8. The number of halogens is 4. The summed E-state index contributed by atoms with van der Waals surface area (Å²) in [6.45, 7) is 1.93. The van der Waals surface area contributed by atoms with E-state index in [9.17, 15) is 32.4 Å². The van der Waals surface area contributed by atoms with Crippen LogP contribution in [0.1, 0.15) is 56.5 Å². The van der Waals surface area contributed by atoms with Gasteiger partial charge in [0.25, 0.3) is 11.8 Å². The lowest BCUT2D eigenvalue weighted by molar-refractivity contribution is -0.137. The molecule has 1 heterocycles. The number of aryl methyl sites for hydroxylation is 1. The Morgan fingerprint density at radius 2 is 1.86 bits per heavy atom. The number of alkyl halides is 3. The summed E-state index contributed by atoms with van der Waals surface area (Å²) in [7, 11) is 0. The molecule has 182 valence electrons. The molecule has 0 saturated carbocycles. The minimum Gasteiger partial charge on any atom is -0.351 e. The van der Waals surface area contributed by atoms with Crippen LogP contribution >= 0.6 is 0 Å². The summed E-state index contributed by atoms with van der Waals surface area (Å²) in [6.07, 6.45) is -3.83. The molecule has 3 rings (SSSR count). The van der Waals surface area contributed by atoms with Gasteiger partial charge in [0.05, 0.1) is 17.2 Å². The van der Waals surface area contributed by atoms with Gasteiger partial charge in [-0.2, -0.15) is 23.5 Å². The van der Waals surface area contributed by atoms with Gasteiger partial charge in [-0.1, -0.05) is 31.2 Å². The van der Waals surface area contributed by atoms with Gasteiger partial charge in [0.2, 0.25) is 5.82 Å². The Morgan fingerprint density at radius 3 is 2.46 bits per heavy atom. The topological polar surface area (TPSA) is 124 Å². The predicted octanol–water partition coefficient (Wildman–Crippen LogP) is 3.49. The van der Waals surface area contributed by atoms with Crippen molar-refractivity contribution in [3.8, 4) is 6.07 Å². The van der Waals surface area contributed by atoms with E-state index < -0.39 is 41.0 Å². The Labute approximate surface area is 197 Å². The molecule has 0 aliphatic rings. The van der Waals surface area contributed by atoms with Crippen LogP contribution in [0.25, 0.3) is 0 Å². The van der Waals surface area contributed by atoms with Crippen LogP contribution in [0.15, 0.2) is 42.5 Å². The third-order valence-corrected chi connectivity index (χ3v) is 5.05. The average molecular weight is 488 g/mol. The van der Waals surface area contributed by atoms with E-state index in [4.69, 9.17) is 0 Å². The first-order valence-corrected chi connectivity index (χ1v) is 10.5. The Balaban J connectivity index is 1.54. The largest absolute Gasteiger partial charge is 0.416 e. The molecule has 2 amide bonds. The second kappa shape index (κ2) is 10.8. The van der Waals surface area contributed by atoms with Gasteiger partial charge < -0.3 is 10.6 Å². The highest BCUT2D eigenvalue weighted by molar-refractivity contribution is 5.94. The molecule has 0 bridgehead atoms. The maximum Gasteiger partial charge on any atom is 0.416 e. The van der Waals surface area contributed by atoms with Crippen molar-refractivity contribution in [3.05, 3.63) is 82.2 Å². The van der Waals surface area contributed by atoms with E-state index in [0.29, 0.717) is 11.6 Å². The summed E-state index contributed by atoms with van der Waals surface area (Å²) in [4.78, 5) is 28.5. The molecule has 2 aromatic carbocycles. The number of nitrogens with zero attached hydrogens (tertiary/aromatic N) is 3. The number of hydrogen-bond acceptors (Lipinski definition) is 5. The van der Waals surface area contributed by atoms with Crippen molar-refractivity contribution >= 4 is 11.8 Å². The molecule has 3 aromatic rings. The fraction of sp³-hybridized carbons (Fsp3) is 0.261. The number of nitrogens with one attached hydrogen (secondary N) is 3. The van der Waals surface area contributed by atoms with Crippen molar-refractivity contribution in [2.75, 3.05) is 6.54 Å². The molecule has 1 atom stereocenters. The second-order valence-electron chi connectivity index (χ2n) is 7.43. The molecular formula is C23H20F4N6O2. The van der Waals surface area contributed by atoms with Crippen molar-refractivity contribution in [2.45, 2.75) is 32.0 Å². The summed E-state index contributed by atoms with van der Waals surface area (Å²) in [5.41, 5.74) is -0.0435. The van der Waals surface area contributed by atoms with Gasteiger partial charge in [0, 0.05) is 13.0 Å². The van der Waals surface area contributed by atoms with Gasteiger partial charge in [-0.25, -0.2) is 9.37 Å². The van der Waals surface area contributed by atoms with Gasteiger partial charge in [-0.3, -0.25) is 14.7 Å². The van der Waals surface area contributed by atoms with Gasteiger partial charge in [0.15, 0.2) is 5.82 Å². The quantitative estimate of drug-likeness (QED) is 0.419. The zero-order valence-electron chi connectivity index (χ0n) is 18.4. The summed E-state index contributed by atoms with van der Waals surface area (Å²) in [5.74, 6) is -2.86. The van der Waals surface area contributed by atoms with E-state index in [1.165, 1.54) is 0 Å². The number of carbonyl (C=O) groups is 2. The van der Waals surface area contributed by atoms with E-state index in [-0.39, 0.29) is 30.7 Å². The van der Waals surface area contributed by atoms with E-state index in [2.05, 4.69) is 25.8 Å². The third-order valence-electron chi connectivity index (χ3n) is 5.05. The molecule has 3 N–H and O–H groups in total. The number of aromatic amines is 1. The van der Waals surface area contributed by atoms with Gasteiger partial charge >= 0.3 is 6.18 Å². The number of carbonyl (C=O) groups excluding carboxylic acids is 2. The molecule has 1 aromatic heterocycles. The molecule has 0 spiro atoms. The number of aromatic nitrogens is 3. The first-order valence-electron chi connectivity index (χ1n) is 10.5. The lowest BCUT2D eigenvalue weighted by Gasteiger charge is -2.11. The molecule has 1 unspecified atom stereocenters. The Bertz CT molecular complexity index is 1250. The van der Waals surface area contributed by atoms with Crippen LogP contribution in [0.4, 0.5) is 17.6 Å². The number of rotatable bonds is 8. The monoisotopic (exact) mass is 488 g/mol. The second-order valence-corrected chi connectivity index (χ2v) is 7.43. The standard InChI is InChI=1S/C23H20F4N6O2/c1-2-13-3-5-14(6-4-13)18(12-28)30-22(35)20-31-19(32-33-20)9-10-29-21(34)16-8-7-15(11-17(16)24)23(25,26)27/h3-8,11,18H,2,9-10H2,1H3,(H,29,34)(H,30,35)(H,31,32,33). The normalized spacial score (nSPS) is 12.0. The minimum absolute atomic E-state index is 0.0535.